The molecule has 4 rings (SSSR count). The molecule has 2 amide bonds. The van der Waals surface area contributed by atoms with Crippen molar-refractivity contribution in [3.05, 3.63) is 47.5 Å². The Kier molecular flexibility index (Phi) is 4.18. The molecule has 0 spiro atoms. The molecule has 0 aromatic heterocycles. The van der Waals surface area contributed by atoms with E-state index in [1.807, 2.05) is 0 Å². The van der Waals surface area contributed by atoms with E-state index >= 15 is 0 Å². The summed E-state index contributed by atoms with van der Waals surface area (Å²) in [6.07, 6.45) is -4.65. The molecule has 30 heavy (non-hydrogen) atoms. The first-order valence-electron chi connectivity index (χ1n) is 8.81. The Balaban J connectivity index is 1.81. The zero-order chi connectivity index (χ0) is 22.1. The fraction of sp³-hybridized carbons (Fsp3) is 0.263. The number of hydrogen-bond donors (Lipinski definition) is 2. The molecule has 0 saturated heterocycles. The summed E-state index contributed by atoms with van der Waals surface area (Å²) in [6.45, 7) is 2.71. The van der Waals surface area contributed by atoms with Gasteiger partial charge in [-0.25, -0.2) is 8.42 Å². The largest absolute Gasteiger partial charge is 0.416 e. The zero-order valence-electron chi connectivity index (χ0n) is 15.8. The zero-order valence-corrected chi connectivity index (χ0v) is 16.6. The maximum atomic E-state index is 13.3. The molecule has 0 atom stereocenters. The SMILES string of the molecule is CC1(C)C(=O)Nc2ccc(S(=O)(=O)N3CC(=O)Nc4cc(C(F)(F)F)ccc43)cc21. The number of sulfonamides is 1. The number of alkyl halides is 3. The summed E-state index contributed by atoms with van der Waals surface area (Å²) in [5.74, 6) is -1.04. The van der Waals surface area contributed by atoms with E-state index in [0.29, 0.717) is 17.3 Å². The molecule has 2 aromatic rings. The van der Waals surface area contributed by atoms with Crippen molar-refractivity contribution in [2.45, 2.75) is 30.3 Å². The van der Waals surface area contributed by atoms with Crippen molar-refractivity contribution in [3.8, 4) is 0 Å². The Bertz CT molecular complexity index is 1210. The van der Waals surface area contributed by atoms with Crippen molar-refractivity contribution in [1.82, 2.24) is 0 Å². The minimum atomic E-state index is -4.65. The second-order valence-electron chi connectivity index (χ2n) is 7.58. The molecule has 158 valence electrons. The average molecular weight is 439 g/mol. The second kappa shape index (κ2) is 6.21. The quantitative estimate of drug-likeness (QED) is 0.752. The monoisotopic (exact) mass is 439 g/mol. The third-order valence-corrected chi connectivity index (χ3v) is 6.98. The molecule has 0 radical (unpaired) electrons. The predicted octanol–water partition coefficient (Wildman–Crippen LogP) is 3.08. The standard InChI is InChI=1S/C19H16F3N3O4S/c1-18(2)12-8-11(4-5-13(12)24-17(18)27)30(28,29)25-9-16(26)23-14-7-10(19(20,21)22)3-6-15(14)25/h3-8H,9H2,1-2H3,(H,23,26)(H,24,27). The smallest absolute Gasteiger partial charge is 0.325 e. The number of hydrogen-bond acceptors (Lipinski definition) is 4. The van der Waals surface area contributed by atoms with Crippen molar-refractivity contribution in [3.63, 3.8) is 0 Å². The number of carbonyl (C=O) groups is 2. The van der Waals surface area contributed by atoms with Crippen LogP contribution in [-0.4, -0.2) is 26.8 Å². The van der Waals surface area contributed by atoms with E-state index in [1.165, 1.54) is 18.2 Å². The molecule has 2 aliphatic heterocycles. The van der Waals surface area contributed by atoms with Crippen LogP contribution in [-0.2, 0) is 31.2 Å². The van der Waals surface area contributed by atoms with Crippen LogP contribution in [0.4, 0.5) is 30.2 Å². The van der Waals surface area contributed by atoms with Gasteiger partial charge in [0, 0.05) is 5.69 Å². The van der Waals surface area contributed by atoms with E-state index in [4.69, 9.17) is 0 Å². The van der Waals surface area contributed by atoms with Crippen LogP contribution in [0, 0.1) is 0 Å². The fourth-order valence-corrected chi connectivity index (χ4v) is 4.95. The lowest BCUT2D eigenvalue weighted by Gasteiger charge is -2.31. The maximum absolute atomic E-state index is 13.3. The molecule has 0 bridgehead atoms. The summed E-state index contributed by atoms with van der Waals surface area (Å²) >= 11 is 0. The normalized spacial score (nSPS) is 17.8. The van der Waals surface area contributed by atoms with Gasteiger partial charge in [-0.2, -0.15) is 13.2 Å². The molecular weight excluding hydrogens is 423 g/mol. The van der Waals surface area contributed by atoms with E-state index in [1.54, 1.807) is 13.8 Å². The lowest BCUT2D eigenvalue weighted by Crippen LogP contribution is -2.42. The lowest BCUT2D eigenvalue weighted by molar-refractivity contribution is -0.137. The van der Waals surface area contributed by atoms with Gasteiger partial charge < -0.3 is 10.6 Å². The molecule has 0 saturated carbocycles. The number of nitrogens with one attached hydrogen (secondary N) is 2. The van der Waals surface area contributed by atoms with E-state index < -0.39 is 39.6 Å². The molecule has 0 fully saturated rings. The average Bonchev–Trinajstić information content (AvgIpc) is 2.88. The van der Waals surface area contributed by atoms with Crippen molar-refractivity contribution in [2.75, 3.05) is 21.5 Å². The van der Waals surface area contributed by atoms with Crippen LogP contribution in [0.2, 0.25) is 0 Å². The Morgan fingerprint density at radius 3 is 2.37 bits per heavy atom. The number of halogens is 3. The lowest BCUT2D eigenvalue weighted by atomic mass is 9.86. The number of benzene rings is 2. The van der Waals surface area contributed by atoms with E-state index in [-0.39, 0.29) is 22.2 Å². The fourth-order valence-electron chi connectivity index (χ4n) is 3.49. The Hall–Kier alpha value is -3.08. The van der Waals surface area contributed by atoms with Crippen LogP contribution >= 0.6 is 0 Å². The summed E-state index contributed by atoms with van der Waals surface area (Å²) in [5.41, 5.74) is -1.33. The third-order valence-electron chi connectivity index (χ3n) is 5.22. The number of amides is 2. The van der Waals surface area contributed by atoms with Crippen molar-refractivity contribution >= 4 is 38.9 Å². The first-order chi connectivity index (χ1) is 13.8. The van der Waals surface area contributed by atoms with Gasteiger partial charge in [0.1, 0.15) is 6.54 Å². The van der Waals surface area contributed by atoms with Gasteiger partial charge in [-0.1, -0.05) is 0 Å². The molecule has 2 aliphatic rings. The van der Waals surface area contributed by atoms with Crippen LogP contribution < -0.4 is 14.9 Å². The van der Waals surface area contributed by atoms with Gasteiger partial charge in [0.15, 0.2) is 0 Å². The highest BCUT2D eigenvalue weighted by Gasteiger charge is 2.41. The van der Waals surface area contributed by atoms with Crippen LogP contribution in [0.15, 0.2) is 41.3 Å². The van der Waals surface area contributed by atoms with E-state index in [0.717, 1.165) is 16.4 Å². The summed E-state index contributed by atoms with van der Waals surface area (Å²) in [5, 5.41) is 4.96. The van der Waals surface area contributed by atoms with Crippen LogP contribution in [0.3, 0.4) is 0 Å². The Morgan fingerprint density at radius 1 is 1.00 bits per heavy atom. The van der Waals surface area contributed by atoms with Gasteiger partial charge in [0.2, 0.25) is 11.8 Å². The first kappa shape index (κ1) is 20.2. The van der Waals surface area contributed by atoms with Crippen molar-refractivity contribution in [2.24, 2.45) is 0 Å². The van der Waals surface area contributed by atoms with Crippen LogP contribution in [0.5, 0.6) is 0 Å². The van der Waals surface area contributed by atoms with Crippen molar-refractivity contribution in [1.29, 1.82) is 0 Å². The molecule has 11 heteroatoms. The Labute approximate surface area is 169 Å². The van der Waals surface area contributed by atoms with Crippen LogP contribution in [0.25, 0.3) is 0 Å². The van der Waals surface area contributed by atoms with Crippen molar-refractivity contribution < 1.29 is 31.2 Å². The predicted molar refractivity (Wildman–Crippen MR) is 103 cm³/mol. The summed E-state index contributed by atoms with van der Waals surface area (Å²) < 4.78 is 66.4. The third kappa shape index (κ3) is 3.00. The summed E-state index contributed by atoms with van der Waals surface area (Å²) in [7, 11) is -4.29. The van der Waals surface area contributed by atoms with Crippen LogP contribution in [0.1, 0.15) is 25.0 Å². The van der Waals surface area contributed by atoms with E-state index in [2.05, 4.69) is 10.6 Å². The topological polar surface area (TPSA) is 95.6 Å². The highest BCUT2D eigenvalue weighted by Crippen LogP contribution is 2.41. The van der Waals surface area contributed by atoms with Gasteiger partial charge >= 0.3 is 6.18 Å². The summed E-state index contributed by atoms with van der Waals surface area (Å²) in [6, 6.07) is 6.55. The van der Waals surface area contributed by atoms with Gasteiger partial charge in [-0.05, 0) is 55.8 Å². The number of carbonyl (C=O) groups excluding carboxylic acids is 2. The highest BCUT2D eigenvalue weighted by atomic mass is 32.2. The molecule has 2 N–H and O–H groups in total. The molecule has 7 nitrogen and oxygen atoms in total. The van der Waals surface area contributed by atoms with Gasteiger partial charge in [0.25, 0.3) is 10.0 Å². The summed E-state index contributed by atoms with van der Waals surface area (Å²) in [4.78, 5) is 24.0. The molecule has 2 aromatic carbocycles. The second-order valence-corrected chi connectivity index (χ2v) is 9.44. The molecule has 0 unspecified atom stereocenters. The minimum absolute atomic E-state index is 0.0726. The number of nitrogens with zero attached hydrogens (tertiary/aromatic N) is 1. The highest BCUT2D eigenvalue weighted by molar-refractivity contribution is 7.92. The molecule has 2 heterocycles. The maximum Gasteiger partial charge on any atom is 0.416 e. The first-order valence-corrected chi connectivity index (χ1v) is 10.3. The molecule has 0 aliphatic carbocycles. The van der Waals surface area contributed by atoms with Gasteiger partial charge in [-0.3, -0.25) is 13.9 Å². The van der Waals surface area contributed by atoms with Gasteiger partial charge in [0.05, 0.1) is 27.2 Å². The number of anilines is 3. The minimum Gasteiger partial charge on any atom is -0.325 e. The number of fused-ring (bicyclic) bond motifs is 2. The van der Waals surface area contributed by atoms with E-state index in [9.17, 15) is 31.2 Å². The molecular formula is C19H16F3N3O4S. The number of rotatable bonds is 2. The Morgan fingerprint density at radius 2 is 1.70 bits per heavy atom. The van der Waals surface area contributed by atoms with Gasteiger partial charge in [-0.15, -0.1) is 0 Å².